The van der Waals surface area contributed by atoms with Gasteiger partial charge in [-0.3, -0.25) is 4.68 Å². The summed E-state index contributed by atoms with van der Waals surface area (Å²) in [6.45, 7) is 0.204. The van der Waals surface area contributed by atoms with Crippen molar-refractivity contribution < 1.29 is 18.3 Å². The number of aliphatic hydroxyl groups is 1. The van der Waals surface area contributed by atoms with Gasteiger partial charge < -0.3 is 5.11 Å². The second kappa shape index (κ2) is 5.85. The molecule has 1 aromatic carbocycles. The number of benzene rings is 1. The number of hydrogen-bond acceptors (Lipinski definition) is 2. The summed E-state index contributed by atoms with van der Waals surface area (Å²) >= 11 is 2.99. The lowest BCUT2D eigenvalue weighted by Gasteiger charge is -2.27. The van der Waals surface area contributed by atoms with E-state index in [-0.39, 0.29) is 17.1 Å². The first-order valence-electron chi connectivity index (χ1n) is 7.25. The zero-order valence-corrected chi connectivity index (χ0v) is 13.4. The Balaban J connectivity index is 1.90. The maximum Gasteiger partial charge on any atom is 0.417 e. The summed E-state index contributed by atoms with van der Waals surface area (Å²) < 4.78 is 40.6. The van der Waals surface area contributed by atoms with Crippen LogP contribution in [0.15, 0.2) is 22.8 Å². The lowest BCUT2D eigenvalue weighted by atomic mass is 9.87. The monoisotopic (exact) mass is 376 g/mol. The summed E-state index contributed by atoms with van der Waals surface area (Å²) in [4.78, 5) is 0. The fraction of sp³-hybridized carbons (Fsp3) is 0.533. The lowest BCUT2D eigenvalue weighted by Crippen LogP contribution is -2.20. The highest BCUT2D eigenvalue weighted by molar-refractivity contribution is 9.10. The molecule has 1 N–H and O–H groups in total. The Labute approximate surface area is 134 Å². The second-order valence-corrected chi connectivity index (χ2v) is 6.71. The van der Waals surface area contributed by atoms with Crippen molar-refractivity contribution in [3.8, 4) is 0 Å². The first-order chi connectivity index (χ1) is 10.4. The highest BCUT2D eigenvalue weighted by atomic mass is 79.9. The van der Waals surface area contributed by atoms with Crippen LogP contribution in [-0.4, -0.2) is 21.5 Å². The van der Waals surface area contributed by atoms with Gasteiger partial charge in [0.05, 0.1) is 17.1 Å². The summed E-state index contributed by atoms with van der Waals surface area (Å²) in [5.74, 6) is 0.340. The van der Waals surface area contributed by atoms with Crippen molar-refractivity contribution in [2.75, 3.05) is 6.61 Å². The van der Waals surface area contributed by atoms with Crippen molar-refractivity contribution in [2.45, 2.75) is 37.9 Å². The van der Waals surface area contributed by atoms with E-state index in [0.29, 0.717) is 16.8 Å². The Morgan fingerprint density at radius 1 is 1.23 bits per heavy atom. The van der Waals surface area contributed by atoms with Crippen LogP contribution in [0.5, 0.6) is 0 Å². The van der Waals surface area contributed by atoms with Gasteiger partial charge in [0.15, 0.2) is 0 Å². The maximum absolute atomic E-state index is 12.9. The number of alkyl halides is 3. The van der Waals surface area contributed by atoms with Crippen molar-refractivity contribution in [1.29, 1.82) is 0 Å². The molecule has 22 heavy (non-hydrogen) atoms. The quantitative estimate of drug-likeness (QED) is 0.835. The van der Waals surface area contributed by atoms with Gasteiger partial charge in [-0.15, -0.1) is 0 Å². The molecule has 0 amide bonds. The summed E-state index contributed by atoms with van der Waals surface area (Å²) in [5, 5.41) is 14.2. The van der Waals surface area contributed by atoms with Crippen LogP contribution in [-0.2, 0) is 6.18 Å². The Bertz CT molecular complexity index is 675. The molecule has 3 rings (SSSR count). The zero-order chi connectivity index (χ0) is 15.9. The van der Waals surface area contributed by atoms with Crippen LogP contribution in [0, 0.1) is 5.92 Å². The predicted octanol–water partition coefficient (Wildman–Crippen LogP) is 4.54. The molecule has 0 bridgehead atoms. The molecule has 0 spiro atoms. The summed E-state index contributed by atoms with van der Waals surface area (Å²) in [5.41, 5.74) is -0.339. The van der Waals surface area contributed by atoms with Crippen LogP contribution in [0.3, 0.4) is 0 Å². The third kappa shape index (κ3) is 3.01. The molecule has 1 aromatic heterocycles. The maximum atomic E-state index is 12.9. The van der Waals surface area contributed by atoms with Crippen LogP contribution in [0.1, 0.15) is 37.3 Å². The molecule has 0 atom stereocenters. The minimum absolute atomic E-state index is 0.0380. The van der Waals surface area contributed by atoms with Crippen LogP contribution in [0.25, 0.3) is 10.9 Å². The molecule has 2 aromatic rings. The SMILES string of the molecule is OCC1CCC(n2cc3cc(Br)c(C(F)(F)F)cc3n2)CC1. The Kier molecular flexibility index (Phi) is 4.20. The van der Waals surface area contributed by atoms with E-state index in [1.807, 2.05) is 6.20 Å². The lowest BCUT2D eigenvalue weighted by molar-refractivity contribution is -0.138. The third-order valence-corrected chi connectivity index (χ3v) is 5.02. The van der Waals surface area contributed by atoms with E-state index in [2.05, 4.69) is 21.0 Å². The summed E-state index contributed by atoms with van der Waals surface area (Å²) in [6, 6.07) is 2.76. The van der Waals surface area contributed by atoms with E-state index in [1.165, 1.54) is 6.07 Å². The van der Waals surface area contributed by atoms with E-state index in [4.69, 9.17) is 5.11 Å². The van der Waals surface area contributed by atoms with Gasteiger partial charge in [-0.05, 0) is 43.7 Å². The van der Waals surface area contributed by atoms with Crippen molar-refractivity contribution >= 4 is 26.8 Å². The minimum Gasteiger partial charge on any atom is -0.396 e. The standard InChI is InChI=1S/C15H16BrF3N2O/c16-13-5-10-7-21(11-3-1-9(8-22)2-4-11)20-14(10)6-12(13)15(17,18)19/h5-7,9,11,22H,1-4,8H2. The fourth-order valence-electron chi connectivity index (χ4n) is 3.06. The van der Waals surface area contributed by atoms with Gasteiger partial charge >= 0.3 is 6.18 Å². The molecule has 0 radical (unpaired) electrons. The van der Waals surface area contributed by atoms with Crippen LogP contribution >= 0.6 is 15.9 Å². The molecule has 1 aliphatic carbocycles. The van der Waals surface area contributed by atoms with E-state index in [9.17, 15) is 13.2 Å². The zero-order valence-electron chi connectivity index (χ0n) is 11.8. The molecular weight excluding hydrogens is 361 g/mol. The van der Waals surface area contributed by atoms with Crippen LogP contribution in [0.4, 0.5) is 13.2 Å². The van der Waals surface area contributed by atoms with Crippen molar-refractivity contribution in [2.24, 2.45) is 5.92 Å². The highest BCUT2D eigenvalue weighted by Crippen LogP contribution is 2.38. The predicted molar refractivity (Wildman–Crippen MR) is 80.5 cm³/mol. The average Bonchev–Trinajstić information content (AvgIpc) is 2.88. The first kappa shape index (κ1) is 15.8. The minimum atomic E-state index is -4.39. The number of rotatable bonds is 2. The number of halogens is 4. The average molecular weight is 377 g/mol. The van der Waals surface area contributed by atoms with Gasteiger partial charge in [0, 0.05) is 22.7 Å². The van der Waals surface area contributed by atoms with E-state index in [0.717, 1.165) is 31.7 Å². The van der Waals surface area contributed by atoms with E-state index >= 15 is 0 Å². The highest BCUT2D eigenvalue weighted by Gasteiger charge is 2.33. The second-order valence-electron chi connectivity index (χ2n) is 5.85. The van der Waals surface area contributed by atoms with Crippen molar-refractivity contribution in [3.05, 3.63) is 28.4 Å². The largest absolute Gasteiger partial charge is 0.417 e. The van der Waals surface area contributed by atoms with E-state index < -0.39 is 11.7 Å². The van der Waals surface area contributed by atoms with Gasteiger partial charge in [-0.2, -0.15) is 18.3 Å². The molecule has 3 nitrogen and oxygen atoms in total. The fourth-order valence-corrected chi connectivity index (χ4v) is 3.65. The van der Waals surface area contributed by atoms with Gasteiger partial charge in [0.25, 0.3) is 0 Å². The van der Waals surface area contributed by atoms with Gasteiger partial charge in [0.1, 0.15) is 0 Å². The number of nitrogens with zero attached hydrogens (tertiary/aromatic N) is 2. The van der Waals surface area contributed by atoms with Gasteiger partial charge in [-0.25, -0.2) is 0 Å². The molecule has 120 valence electrons. The van der Waals surface area contributed by atoms with Crippen molar-refractivity contribution in [3.63, 3.8) is 0 Å². The molecular formula is C15H16BrF3N2O. The molecule has 0 aliphatic heterocycles. The summed E-state index contributed by atoms with van der Waals surface area (Å²) in [6.07, 6.45) is 1.06. The van der Waals surface area contributed by atoms with Gasteiger partial charge in [0.2, 0.25) is 0 Å². The van der Waals surface area contributed by atoms with Crippen LogP contribution in [0.2, 0.25) is 0 Å². The molecule has 0 saturated heterocycles. The van der Waals surface area contributed by atoms with Crippen LogP contribution < -0.4 is 0 Å². The molecule has 1 saturated carbocycles. The Morgan fingerprint density at radius 2 is 1.91 bits per heavy atom. The first-order valence-corrected chi connectivity index (χ1v) is 8.04. The Hall–Kier alpha value is -1.08. The number of aliphatic hydroxyl groups excluding tert-OH is 1. The van der Waals surface area contributed by atoms with Gasteiger partial charge in [-0.1, -0.05) is 15.9 Å². The summed E-state index contributed by atoms with van der Waals surface area (Å²) in [7, 11) is 0. The molecule has 1 fully saturated rings. The molecule has 0 unspecified atom stereocenters. The smallest absolute Gasteiger partial charge is 0.396 e. The number of hydrogen-bond donors (Lipinski definition) is 1. The molecule has 1 heterocycles. The third-order valence-electron chi connectivity index (χ3n) is 4.36. The molecule has 1 aliphatic rings. The van der Waals surface area contributed by atoms with E-state index in [1.54, 1.807) is 4.68 Å². The number of fused-ring (bicyclic) bond motifs is 1. The number of aromatic nitrogens is 2. The van der Waals surface area contributed by atoms with Crippen molar-refractivity contribution in [1.82, 2.24) is 9.78 Å². The topological polar surface area (TPSA) is 38.0 Å². The normalized spacial score (nSPS) is 23.1. The molecule has 7 heteroatoms. The Morgan fingerprint density at radius 3 is 2.50 bits per heavy atom.